The number of aromatic nitrogens is 1. The third-order valence-corrected chi connectivity index (χ3v) is 6.24. The zero-order valence-corrected chi connectivity index (χ0v) is 22.1. The van der Waals surface area contributed by atoms with Gasteiger partial charge in [0.05, 0.1) is 11.4 Å². The lowest BCUT2D eigenvalue weighted by Crippen LogP contribution is -2.36. The number of urea groups is 1. The first-order chi connectivity index (χ1) is 17.4. The SMILES string of the molecule is CNc1ccccc1NC(=O)c1ccc(CN(CCCN(C)C)C(=O)Nc2cccc(SC)c2)cn1. The quantitative estimate of drug-likeness (QED) is 0.314. The van der Waals surface area contributed by atoms with Crippen molar-refractivity contribution in [3.8, 4) is 0 Å². The molecule has 0 spiro atoms. The van der Waals surface area contributed by atoms with Gasteiger partial charge in [0.15, 0.2) is 0 Å². The van der Waals surface area contributed by atoms with Crippen LogP contribution < -0.4 is 16.0 Å². The van der Waals surface area contributed by atoms with Crippen LogP contribution in [-0.2, 0) is 6.54 Å². The molecule has 0 unspecified atom stereocenters. The molecule has 3 aromatic rings. The predicted molar refractivity (Wildman–Crippen MR) is 149 cm³/mol. The number of amides is 3. The van der Waals surface area contributed by atoms with Gasteiger partial charge in [0.1, 0.15) is 5.69 Å². The van der Waals surface area contributed by atoms with Crippen molar-refractivity contribution in [2.75, 3.05) is 56.4 Å². The molecule has 0 saturated carbocycles. The Morgan fingerprint density at radius 2 is 1.72 bits per heavy atom. The molecule has 0 aliphatic rings. The third kappa shape index (κ3) is 8.00. The van der Waals surface area contributed by atoms with Crippen molar-refractivity contribution in [3.63, 3.8) is 0 Å². The molecular weight excluding hydrogens is 472 g/mol. The van der Waals surface area contributed by atoms with E-state index in [2.05, 4.69) is 25.8 Å². The van der Waals surface area contributed by atoms with E-state index in [0.29, 0.717) is 24.5 Å². The van der Waals surface area contributed by atoms with Crippen molar-refractivity contribution >= 4 is 40.8 Å². The van der Waals surface area contributed by atoms with Crippen LogP contribution in [-0.4, -0.2) is 67.2 Å². The molecule has 0 saturated heterocycles. The van der Waals surface area contributed by atoms with Gasteiger partial charge in [-0.25, -0.2) is 4.79 Å². The van der Waals surface area contributed by atoms with Gasteiger partial charge in [0.2, 0.25) is 0 Å². The molecule has 8 nitrogen and oxygen atoms in total. The minimum absolute atomic E-state index is 0.169. The number of hydrogen-bond donors (Lipinski definition) is 3. The number of nitrogens with one attached hydrogen (secondary N) is 3. The van der Waals surface area contributed by atoms with Gasteiger partial charge >= 0.3 is 6.03 Å². The highest BCUT2D eigenvalue weighted by molar-refractivity contribution is 7.98. The fourth-order valence-corrected chi connectivity index (χ4v) is 4.06. The largest absolute Gasteiger partial charge is 0.386 e. The van der Waals surface area contributed by atoms with Gasteiger partial charge in [-0.1, -0.05) is 24.3 Å². The number of benzene rings is 2. The van der Waals surface area contributed by atoms with Gasteiger partial charge in [-0.15, -0.1) is 11.8 Å². The molecule has 36 heavy (non-hydrogen) atoms. The fraction of sp³-hybridized carbons (Fsp3) is 0.296. The molecule has 0 aliphatic carbocycles. The fourth-order valence-electron chi connectivity index (χ4n) is 3.60. The monoisotopic (exact) mass is 506 g/mol. The number of rotatable bonds is 11. The van der Waals surface area contributed by atoms with Crippen LogP contribution in [0.25, 0.3) is 0 Å². The molecule has 1 aromatic heterocycles. The smallest absolute Gasteiger partial charge is 0.322 e. The summed E-state index contributed by atoms with van der Waals surface area (Å²) in [6.45, 7) is 1.85. The van der Waals surface area contributed by atoms with Crippen LogP contribution in [0.1, 0.15) is 22.5 Å². The summed E-state index contributed by atoms with van der Waals surface area (Å²) >= 11 is 1.63. The normalized spacial score (nSPS) is 10.7. The van der Waals surface area contributed by atoms with Crippen molar-refractivity contribution in [2.45, 2.75) is 17.9 Å². The molecule has 0 bridgehead atoms. The highest BCUT2D eigenvalue weighted by Crippen LogP contribution is 2.21. The maximum atomic E-state index is 13.1. The van der Waals surface area contributed by atoms with Crippen molar-refractivity contribution in [1.82, 2.24) is 14.8 Å². The number of pyridine rings is 1. The Balaban J connectivity index is 1.68. The van der Waals surface area contributed by atoms with Crippen LogP contribution in [0, 0.1) is 0 Å². The Labute approximate surface area is 217 Å². The minimum atomic E-state index is -0.293. The Hall–Kier alpha value is -3.56. The number of carbonyl (C=O) groups excluding carboxylic acids is 2. The van der Waals surface area contributed by atoms with Gasteiger partial charge in [-0.3, -0.25) is 9.78 Å². The summed E-state index contributed by atoms with van der Waals surface area (Å²) in [5.41, 5.74) is 3.42. The third-order valence-electron chi connectivity index (χ3n) is 5.52. The number of hydrogen-bond acceptors (Lipinski definition) is 6. The van der Waals surface area contributed by atoms with E-state index < -0.39 is 0 Å². The Morgan fingerprint density at radius 3 is 2.39 bits per heavy atom. The summed E-state index contributed by atoms with van der Waals surface area (Å²) in [6.07, 6.45) is 4.49. The van der Waals surface area contributed by atoms with Crippen LogP contribution >= 0.6 is 11.8 Å². The van der Waals surface area contributed by atoms with Crippen LogP contribution in [0.3, 0.4) is 0 Å². The predicted octanol–water partition coefficient (Wildman–Crippen LogP) is 5.08. The molecule has 1 heterocycles. The molecule has 2 aromatic carbocycles. The standard InChI is InChI=1S/C27H34N6O2S/c1-28-23-11-5-6-12-24(23)31-26(34)25-14-13-20(18-29-25)19-33(16-8-15-32(2)3)27(35)30-21-9-7-10-22(17-21)36-4/h5-7,9-14,17-18,28H,8,15-16,19H2,1-4H3,(H,30,35)(H,31,34). The molecule has 9 heteroatoms. The average molecular weight is 507 g/mol. The zero-order chi connectivity index (χ0) is 25.9. The highest BCUT2D eigenvalue weighted by atomic mass is 32.2. The van der Waals surface area contributed by atoms with Crippen LogP contribution in [0.4, 0.5) is 21.9 Å². The van der Waals surface area contributed by atoms with Crippen LogP contribution in [0.15, 0.2) is 71.8 Å². The molecular formula is C27H34N6O2S. The summed E-state index contributed by atoms with van der Waals surface area (Å²) in [5.74, 6) is -0.293. The number of nitrogens with zero attached hydrogens (tertiary/aromatic N) is 3. The molecule has 0 atom stereocenters. The first kappa shape index (κ1) is 27.0. The molecule has 190 valence electrons. The van der Waals surface area contributed by atoms with E-state index in [-0.39, 0.29) is 11.9 Å². The lowest BCUT2D eigenvalue weighted by Gasteiger charge is -2.24. The molecule has 3 N–H and O–H groups in total. The summed E-state index contributed by atoms with van der Waals surface area (Å²) in [6, 6.07) is 18.6. The van der Waals surface area contributed by atoms with E-state index >= 15 is 0 Å². The van der Waals surface area contributed by atoms with Gasteiger partial charge in [0, 0.05) is 36.9 Å². The van der Waals surface area contributed by atoms with E-state index in [1.807, 2.05) is 74.9 Å². The molecule has 3 amide bonds. The van der Waals surface area contributed by atoms with Crippen molar-refractivity contribution < 1.29 is 9.59 Å². The van der Waals surface area contributed by atoms with E-state index in [1.165, 1.54) is 0 Å². The average Bonchev–Trinajstić information content (AvgIpc) is 2.88. The van der Waals surface area contributed by atoms with Crippen molar-refractivity contribution in [3.05, 3.63) is 78.1 Å². The second-order valence-electron chi connectivity index (χ2n) is 8.54. The molecule has 0 aliphatic heterocycles. The van der Waals surface area contributed by atoms with Gasteiger partial charge in [-0.05, 0) is 75.3 Å². The number of para-hydroxylation sites is 2. The second kappa shape index (κ2) is 13.5. The first-order valence-electron chi connectivity index (χ1n) is 11.8. The van der Waals surface area contributed by atoms with E-state index in [9.17, 15) is 9.59 Å². The first-order valence-corrected chi connectivity index (χ1v) is 13.0. The maximum absolute atomic E-state index is 13.1. The number of thioether (sulfide) groups is 1. The molecule has 0 radical (unpaired) electrons. The van der Waals surface area contributed by atoms with Gasteiger partial charge < -0.3 is 25.8 Å². The lowest BCUT2D eigenvalue weighted by molar-refractivity contribution is 0.102. The Kier molecular flexibility index (Phi) is 10.1. The second-order valence-corrected chi connectivity index (χ2v) is 9.42. The zero-order valence-electron chi connectivity index (χ0n) is 21.2. The van der Waals surface area contributed by atoms with E-state index in [0.717, 1.165) is 34.8 Å². The van der Waals surface area contributed by atoms with Crippen LogP contribution in [0.5, 0.6) is 0 Å². The highest BCUT2D eigenvalue weighted by Gasteiger charge is 2.16. The Morgan fingerprint density at radius 1 is 0.944 bits per heavy atom. The topological polar surface area (TPSA) is 89.6 Å². The minimum Gasteiger partial charge on any atom is -0.386 e. The molecule has 0 fully saturated rings. The lowest BCUT2D eigenvalue weighted by atomic mass is 10.2. The maximum Gasteiger partial charge on any atom is 0.322 e. The number of anilines is 3. The summed E-state index contributed by atoms with van der Waals surface area (Å²) < 4.78 is 0. The molecule has 3 rings (SSSR count). The summed E-state index contributed by atoms with van der Waals surface area (Å²) in [4.78, 5) is 35.1. The summed E-state index contributed by atoms with van der Waals surface area (Å²) in [7, 11) is 5.83. The summed E-state index contributed by atoms with van der Waals surface area (Å²) in [5, 5.41) is 8.96. The van der Waals surface area contributed by atoms with Gasteiger partial charge in [-0.2, -0.15) is 0 Å². The van der Waals surface area contributed by atoms with Crippen LogP contribution in [0.2, 0.25) is 0 Å². The van der Waals surface area contributed by atoms with Gasteiger partial charge in [0.25, 0.3) is 5.91 Å². The van der Waals surface area contributed by atoms with E-state index in [1.54, 1.807) is 36.0 Å². The van der Waals surface area contributed by atoms with Crippen molar-refractivity contribution in [2.24, 2.45) is 0 Å². The number of carbonyl (C=O) groups is 2. The Bertz CT molecular complexity index is 1150. The van der Waals surface area contributed by atoms with E-state index in [4.69, 9.17) is 0 Å². The van der Waals surface area contributed by atoms with Crippen molar-refractivity contribution in [1.29, 1.82) is 0 Å².